The maximum absolute atomic E-state index is 6.26. The van der Waals surface area contributed by atoms with E-state index in [1.807, 2.05) is 0 Å². The summed E-state index contributed by atoms with van der Waals surface area (Å²) >= 11 is 2.17. The van der Waals surface area contributed by atoms with Crippen molar-refractivity contribution in [3.05, 3.63) is 0 Å². The van der Waals surface area contributed by atoms with Gasteiger partial charge in [-0.25, -0.2) is 0 Å². The highest BCUT2D eigenvalue weighted by molar-refractivity contribution is 8.00. The van der Waals surface area contributed by atoms with Gasteiger partial charge in [-0.05, 0) is 24.7 Å². The normalized spacial score (nSPS) is 23.0. The second-order valence-electron chi connectivity index (χ2n) is 5.90. The Balaban J connectivity index is 2.55. The van der Waals surface area contributed by atoms with Crippen molar-refractivity contribution in [2.45, 2.75) is 76.3 Å². The van der Waals surface area contributed by atoms with E-state index in [0.717, 1.165) is 11.7 Å². The van der Waals surface area contributed by atoms with Crippen molar-refractivity contribution in [2.24, 2.45) is 11.1 Å². The summed E-state index contributed by atoms with van der Waals surface area (Å²) in [5.74, 6) is 0. The Kier molecular flexibility index (Phi) is 4.98. The van der Waals surface area contributed by atoms with Crippen LogP contribution in [-0.4, -0.2) is 16.5 Å². The highest BCUT2D eigenvalue weighted by Crippen LogP contribution is 2.40. The molecular formula is C13H27NS. The highest BCUT2D eigenvalue weighted by atomic mass is 32.2. The molecule has 15 heavy (non-hydrogen) atoms. The minimum absolute atomic E-state index is 0.336. The van der Waals surface area contributed by atoms with Crippen molar-refractivity contribution in [2.75, 3.05) is 0 Å². The Bertz CT molecular complexity index is 179. The lowest BCUT2D eigenvalue weighted by Gasteiger charge is -2.36. The maximum Gasteiger partial charge on any atom is 0.0250 e. The van der Waals surface area contributed by atoms with E-state index in [2.05, 4.69) is 39.5 Å². The zero-order chi connectivity index (χ0) is 11.5. The van der Waals surface area contributed by atoms with Crippen LogP contribution in [0.25, 0.3) is 0 Å². The molecule has 1 fully saturated rings. The Morgan fingerprint density at radius 3 is 2.20 bits per heavy atom. The Hall–Kier alpha value is 0.310. The van der Waals surface area contributed by atoms with Crippen LogP contribution < -0.4 is 5.73 Å². The lowest BCUT2D eigenvalue weighted by molar-refractivity contribution is 0.349. The average molecular weight is 229 g/mol. The third-order valence-electron chi connectivity index (χ3n) is 3.36. The predicted molar refractivity (Wildman–Crippen MR) is 71.4 cm³/mol. The zero-order valence-electron chi connectivity index (χ0n) is 10.8. The van der Waals surface area contributed by atoms with Crippen molar-refractivity contribution in [3.63, 3.8) is 0 Å². The lowest BCUT2D eigenvalue weighted by atomic mass is 9.87. The van der Waals surface area contributed by atoms with Gasteiger partial charge in [0.15, 0.2) is 0 Å². The molecular weight excluding hydrogens is 202 g/mol. The van der Waals surface area contributed by atoms with E-state index in [1.165, 1.54) is 25.7 Å². The molecule has 2 atom stereocenters. The first-order chi connectivity index (χ1) is 6.95. The van der Waals surface area contributed by atoms with Crippen LogP contribution in [0.1, 0.15) is 59.8 Å². The van der Waals surface area contributed by atoms with Gasteiger partial charge in [0, 0.05) is 16.5 Å². The number of hydrogen-bond donors (Lipinski definition) is 1. The van der Waals surface area contributed by atoms with Crippen molar-refractivity contribution < 1.29 is 0 Å². The van der Waals surface area contributed by atoms with Crippen LogP contribution in [0, 0.1) is 5.41 Å². The summed E-state index contributed by atoms with van der Waals surface area (Å²) in [7, 11) is 0. The first kappa shape index (κ1) is 13.4. The van der Waals surface area contributed by atoms with Crippen LogP contribution in [0.5, 0.6) is 0 Å². The van der Waals surface area contributed by atoms with Gasteiger partial charge < -0.3 is 5.73 Å². The highest BCUT2D eigenvalue weighted by Gasteiger charge is 2.32. The largest absolute Gasteiger partial charge is 0.327 e. The van der Waals surface area contributed by atoms with E-state index >= 15 is 0 Å². The SMILES string of the molecule is CCC(N)C(SC1CCCC1)C(C)(C)C. The predicted octanol–water partition coefficient (Wildman–Crippen LogP) is 3.81. The topological polar surface area (TPSA) is 26.0 Å². The number of nitrogens with two attached hydrogens (primary N) is 1. The molecule has 1 rings (SSSR count). The summed E-state index contributed by atoms with van der Waals surface area (Å²) in [6.45, 7) is 9.19. The molecule has 0 bridgehead atoms. The molecule has 0 amide bonds. The molecule has 2 N–H and O–H groups in total. The van der Waals surface area contributed by atoms with Gasteiger partial charge in [0.25, 0.3) is 0 Å². The first-order valence-corrected chi connectivity index (χ1v) is 7.30. The Morgan fingerprint density at radius 2 is 1.80 bits per heavy atom. The zero-order valence-corrected chi connectivity index (χ0v) is 11.6. The minimum atomic E-state index is 0.336. The van der Waals surface area contributed by atoms with E-state index in [9.17, 15) is 0 Å². The van der Waals surface area contributed by atoms with E-state index in [0.29, 0.717) is 16.7 Å². The van der Waals surface area contributed by atoms with Gasteiger partial charge in [-0.2, -0.15) is 11.8 Å². The molecule has 0 aromatic carbocycles. The number of rotatable bonds is 4. The molecule has 0 saturated heterocycles. The summed E-state index contributed by atoms with van der Waals surface area (Å²) in [5.41, 5.74) is 6.60. The molecule has 1 aliphatic rings. The molecule has 0 aliphatic heterocycles. The van der Waals surface area contributed by atoms with E-state index in [4.69, 9.17) is 5.73 Å². The molecule has 0 heterocycles. The lowest BCUT2D eigenvalue weighted by Crippen LogP contribution is -2.41. The van der Waals surface area contributed by atoms with Crippen LogP contribution in [-0.2, 0) is 0 Å². The second kappa shape index (κ2) is 5.58. The van der Waals surface area contributed by atoms with Gasteiger partial charge in [0.1, 0.15) is 0 Å². The van der Waals surface area contributed by atoms with Gasteiger partial charge in [0.2, 0.25) is 0 Å². The molecule has 1 aliphatic carbocycles. The molecule has 0 radical (unpaired) electrons. The molecule has 2 unspecified atom stereocenters. The smallest absolute Gasteiger partial charge is 0.0250 e. The van der Waals surface area contributed by atoms with Gasteiger partial charge in [-0.1, -0.05) is 40.5 Å². The molecule has 1 nitrogen and oxygen atoms in total. The summed E-state index contributed by atoms with van der Waals surface area (Å²) in [6, 6.07) is 0.357. The molecule has 1 saturated carbocycles. The van der Waals surface area contributed by atoms with Gasteiger partial charge in [0.05, 0.1) is 0 Å². The van der Waals surface area contributed by atoms with Crippen LogP contribution in [0.15, 0.2) is 0 Å². The first-order valence-electron chi connectivity index (χ1n) is 6.36. The van der Waals surface area contributed by atoms with Crippen molar-refractivity contribution >= 4 is 11.8 Å². The van der Waals surface area contributed by atoms with Crippen LogP contribution in [0.2, 0.25) is 0 Å². The summed E-state index contributed by atoms with van der Waals surface area (Å²) in [4.78, 5) is 0. The Labute approximate surface area is 99.6 Å². The molecule has 0 aromatic rings. The minimum Gasteiger partial charge on any atom is -0.327 e. The fraction of sp³-hybridized carbons (Fsp3) is 1.00. The molecule has 90 valence electrons. The maximum atomic E-state index is 6.26. The second-order valence-corrected chi connectivity index (χ2v) is 7.35. The van der Waals surface area contributed by atoms with Crippen molar-refractivity contribution in [1.82, 2.24) is 0 Å². The van der Waals surface area contributed by atoms with E-state index < -0.39 is 0 Å². The van der Waals surface area contributed by atoms with Crippen LogP contribution >= 0.6 is 11.8 Å². The average Bonchev–Trinajstić information content (AvgIpc) is 2.63. The summed E-state index contributed by atoms with van der Waals surface area (Å²) in [5, 5.41) is 1.50. The fourth-order valence-corrected chi connectivity index (χ4v) is 4.22. The van der Waals surface area contributed by atoms with Crippen molar-refractivity contribution in [1.29, 1.82) is 0 Å². The van der Waals surface area contributed by atoms with Crippen LogP contribution in [0.4, 0.5) is 0 Å². The van der Waals surface area contributed by atoms with E-state index in [1.54, 1.807) is 0 Å². The molecule has 0 aromatic heterocycles. The molecule has 0 spiro atoms. The fourth-order valence-electron chi connectivity index (χ4n) is 2.39. The third kappa shape index (κ3) is 3.99. The summed E-state index contributed by atoms with van der Waals surface area (Å²) < 4.78 is 0. The monoisotopic (exact) mass is 229 g/mol. The van der Waals surface area contributed by atoms with Crippen molar-refractivity contribution in [3.8, 4) is 0 Å². The van der Waals surface area contributed by atoms with Gasteiger partial charge in [-0.3, -0.25) is 0 Å². The third-order valence-corrected chi connectivity index (χ3v) is 5.56. The van der Waals surface area contributed by atoms with Gasteiger partial charge in [-0.15, -0.1) is 0 Å². The number of thioether (sulfide) groups is 1. The molecule has 2 heteroatoms. The van der Waals surface area contributed by atoms with E-state index in [-0.39, 0.29) is 0 Å². The van der Waals surface area contributed by atoms with Crippen LogP contribution in [0.3, 0.4) is 0 Å². The standard InChI is InChI=1S/C13H27NS/c1-5-11(14)12(13(2,3)4)15-10-8-6-7-9-10/h10-12H,5-9,14H2,1-4H3. The Morgan fingerprint density at radius 1 is 1.27 bits per heavy atom. The van der Waals surface area contributed by atoms with Gasteiger partial charge >= 0.3 is 0 Å². The quantitative estimate of drug-likeness (QED) is 0.793. The summed E-state index contributed by atoms with van der Waals surface area (Å²) in [6.07, 6.45) is 6.77. The number of hydrogen-bond acceptors (Lipinski definition) is 2.